The summed E-state index contributed by atoms with van der Waals surface area (Å²) in [5.74, 6) is 0.548. The molecule has 4 N–H and O–H groups in total. The predicted molar refractivity (Wildman–Crippen MR) is 166 cm³/mol. The number of H-pyrrole nitrogens is 1. The van der Waals surface area contributed by atoms with Gasteiger partial charge in [0, 0.05) is 31.0 Å². The van der Waals surface area contributed by atoms with E-state index in [-0.39, 0.29) is 17.9 Å². The molecular weight excluding hydrogens is 512 g/mol. The van der Waals surface area contributed by atoms with Crippen LogP contribution in [0.25, 0.3) is 0 Å². The molecule has 3 rings (SSSR count). The molecule has 222 valence electrons. The number of benzene rings is 2. The number of aromatic nitrogens is 2. The number of carbonyl (C=O) groups excluding carboxylic acids is 2. The number of nitrogens with one attached hydrogen (secondary N) is 4. The molecule has 2 aromatic carbocycles. The number of aryl methyl sites for hydroxylation is 1. The maximum atomic E-state index is 13.2. The van der Waals surface area contributed by atoms with Gasteiger partial charge in [0.05, 0.1) is 6.04 Å². The molecule has 8 heteroatoms. The van der Waals surface area contributed by atoms with Crippen LogP contribution < -0.4 is 16.0 Å². The first kappa shape index (κ1) is 32.0. The summed E-state index contributed by atoms with van der Waals surface area (Å²) in [7, 11) is 0. The summed E-state index contributed by atoms with van der Waals surface area (Å²) in [5.41, 5.74) is 2.88. The summed E-state index contributed by atoms with van der Waals surface area (Å²) in [5, 5.41) is 9.51. The Bertz CT molecular complexity index is 1130. The normalized spacial score (nSPS) is 12.7. The molecule has 0 bridgehead atoms. The number of amides is 2. The largest absolute Gasteiger partial charge is 0.354 e. The van der Waals surface area contributed by atoms with Gasteiger partial charge in [0.1, 0.15) is 11.9 Å². The van der Waals surface area contributed by atoms with Gasteiger partial charge < -0.3 is 25.8 Å². The Kier molecular flexibility index (Phi) is 14.1. The Labute approximate surface area is 245 Å². The van der Waals surface area contributed by atoms with Crippen molar-refractivity contribution < 1.29 is 9.59 Å². The highest BCUT2D eigenvalue weighted by Gasteiger charge is 2.21. The molecule has 41 heavy (non-hydrogen) atoms. The van der Waals surface area contributed by atoms with Gasteiger partial charge in [0.2, 0.25) is 5.91 Å². The third-order valence-corrected chi connectivity index (χ3v) is 7.21. The first-order valence-electron chi connectivity index (χ1n) is 15.2. The molecule has 1 aromatic heterocycles. The maximum absolute atomic E-state index is 13.2. The predicted octanol–water partition coefficient (Wildman–Crippen LogP) is 5.01. The van der Waals surface area contributed by atoms with Crippen LogP contribution in [-0.4, -0.2) is 58.9 Å². The molecule has 0 saturated heterocycles. The standard InChI is InChI=1S/C33H48N6O2/c1-4-22-39(23-5-2)24-10-14-30(33(41)36-19-9-13-27-11-7-6-8-12-27)38-32(40)29-17-15-28(16-18-29)25-37-26(3)31-34-20-21-35-31/h6-8,11-12,15-18,20-21,26,30,37H,4-5,9-10,13-14,19,22-25H2,1-3H3,(H,34,35)(H,36,41)(H,38,40)/t26?,30-/m0/s1. The fourth-order valence-corrected chi connectivity index (χ4v) is 4.93. The minimum Gasteiger partial charge on any atom is -0.354 e. The van der Waals surface area contributed by atoms with Crippen molar-refractivity contribution in [3.63, 3.8) is 0 Å². The fraction of sp³-hybridized carbons (Fsp3) is 0.485. The van der Waals surface area contributed by atoms with E-state index in [1.165, 1.54) is 5.56 Å². The Hall–Kier alpha value is -3.49. The van der Waals surface area contributed by atoms with E-state index in [1.54, 1.807) is 6.20 Å². The van der Waals surface area contributed by atoms with Crippen LogP contribution in [0, 0.1) is 0 Å². The van der Waals surface area contributed by atoms with Crippen LogP contribution in [0.3, 0.4) is 0 Å². The number of carbonyl (C=O) groups is 2. The highest BCUT2D eigenvalue weighted by molar-refractivity contribution is 5.97. The third-order valence-electron chi connectivity index (χ3n) is 7.21. The van der Waals surface area contributed by atoms with Gasteiger partial charge in [0.15, 0.2) is 0 Å². The van der Waals surface area contributed by atoms with Gasteiger partial charge in [-0.15, -0.1) is 0 Å². The number of rotatable bonds is 19. The van der Waals surface area contributed by atoms with Crippen LogP contribution in [0.1, 0.15) is 86.2 Å². The molecule has 8 nitrogen and oxygen atoms in total. The number of hydrogen-bond donors (Lipinski definition) is 4. The Morgan fingerprint density at radius 2 is 1.66 bits per heavy atom. The lowest BCUT2D eigenvalue weighted by molar-refractivity contribution is -0.123. The second-order valence-corrected chi connectivity index (χ2v) is 10.7. The van der Waals surface area contributed by atoms with Crippen molar-refractivity contribution in [2.45, 2.75) is 77.9 Å². The number of hydrogen-bond acceptors (Lipinski definition) is 5. The summed E-state index contributed by atoms with van der Waals surface area (Å²) in [4.78, 5) is 36.2. The van der Waals surface area contributed by atoms with E-state index >= 15 is 0 Å². The van der Waals surface area contributed by atoms with Crippen LogP contribution >= 0.6 is 0 Å². The summed E-state index contributed by atoms with van der Waals surface area (Å²) in [6, 6.07) is 17.3. The highest BCUT2D eigenvalue weighted by atomic mass is 16.2. The zero-order valence-electron chi connectivity index (χ0n) is 25.0. The van der Waals surface area contributed by atoms with E-state index in [9.17, 15) is 9.59 Å². The number of nitrogens with zero attached hydrogens (tertiary/aromatic N) is 2. The fourth-order valence-electron chi connectivity index (χ4n) is 4.93. The van der Waals surface area contributed by atoms with Gasteiger partial charge in [-0.1, -0.05) is 56.3 Å². The number of aromatic amines is 1. The van der Waals surface area contributed by atoms with E-state index in [0.717, 1.165) is 63.1 Å². The van der Waals surface area contributed by atoms with E-state index < -0.39 is 6.04 Å². The van der Waals surface area contributed by atoms with Gasteiger partial charge >= 0.3 is 0 Å². The van der Waals surface area contributed by atoms with Crippen molar-refractivity contribution in [1.29, 1.82) is 0 Å². The first-order chi connectivity index (χ1) is 20.0. The first-order valence-corrected chi connectivity index (χ1v) is 15.2. The molecule has 0 spiro atoms. The van der Waals surface area contributed by atoms with Crippen molar-refractivity contribution in [3.8, 4) is 0 Å². The zero-order chi connectivity index (χ0) is 29.3. The van der Waals surface area contributed by atoms with Crippen molar-refractivity contribution in [2.75, 3.05) is 26.2 Å². The van der Waals surface area contributed by atoms with Crippen LogP contribution in [0.4, 0.5) is 0 Å². The van der Waals surface area contributed by atoms with Gasteiger partial charge in [-0.2, -0.15) is 0 Å². The minimum atomic E-state index is -0.570. The van der Waals surface area contributed by atoms with Crippen molar-refractivity contribution in [2.24, 2.45) is 0 Å². The summed E-state index contributed by atoms with van der Waals surface area (Å²) >= 11 is 0. The Balaban J connectivity index is 1.54. The Morgan fingerprint density at radius 1 is 0.927 bits per heavy atom. The highest BCUT2D eigenvalue weighted by Crippen LogP contribution is 2.11. The molecule has 1 heterocycles. The molecule has 3 aromatic rings. The molecule has 0 saturated carbocycles. The number of imidazole rings is 1. The van der Waals surface area contributed by atoms with Gasteiger partial charge in [-0.25, -0.2) is 4.98 Å². The van der Waals surface area contributed by atoms with E-state index in [0.29, 0.717) is 25.1 Å². The maximum Gasteiger partial charge on any atom is 0.251 e. The zero-order valence-corrected chi connectivity index (χ0v) is 25.0. The van der Waals surface area contributed by atoms with Crippen LogP contribution in [0.15, 0.2) is 67.0 Å². The molecule has 2 amide bonds. The molecule has 0 aliphatic heterocycles. The topological polar surface area (TPSA) is 102 Å². The molecule has 0 aliphatic carbocycles. The van der Waals surface area contributed by atoms with Crippen molar-refractivity contribution in [3.05, 3.63) is 89.5 Å². The van der Waals surface area contributed by atoms with Gasteiger partial charge in [0.25, 0.3) is 5.91 Å². The van der Waals surface area contributed by atoms with E-state index in [2.05, 4.69) is 63.7 Å². The van der Waals surface area contributed by atoms with Crippen molar-refractivity contribution in [1.82, 2.24) is 30.8 Å². The lowest BCUT2D eigenvalue weighted by Gasteiger charge is -2.23. The second-order valence-electron chi connectivity index (χ2n) is 10.7. The summed E-state index contributed by atoms with van der Waals surface area (Å²) in [6.07, 6.45) is 8.98. The molecule has 1 unspecified atom stereocenters. The average Bonchev–Trinajstić information content (AvgIpc) is 3.54. The van der Waals surface area contributed by atoms with Gasteiger partial charge in [-0.3, -0.25) is 9.59 Å². The second kappa shape index (κ2) is 18.0. The monoisotopic (exact) mass is 560 g/mol. The smallest absolute Gasteiger partial charge is 0.251 e. The quantitative estimate of drug-likeness (QED) is 0.154. The molecule has 0 fully saturated rings. The lowest BCUT2D eigenvalue weighted by Crippen LogP contribution is -2.47. The summed E-state index contributed by atoms with van der Waals surface area (Å²) in [6.45, 7) is 10.7. The Morgan fingerprint density at radius 3 is 2.32 bits per heavy atom. The SMILES string of the molecule is CCCN(CCC)CCC[C@H](NC(=O)c1ccc(CNC(C)c2ncc[nH]2)cc1)C(=O)NCCCc1ccccc1. The average molecular weight is 561 g/mol. The van der Waals surface area contributed by atoms with E-state index in [1.807, 2.05) is 48.7 Å². The minimum absolute atomic E-state index is 0.0884. The van der Waals surface area contributed by atoms with Crippen molar-refractivity contribution >= 4 is 11.8 Å². The van der Waals surface area contributed by atoms with Gasteiger partial charge in [-0.05, 0) is 88.3 Å². The molecular formula is C33H48N6O2. The third kappa shape index (κ3) is 11.5. The molecule has 0 aliphatic rings. The molecule has 2 atom stereocenters. The van der Waals surface area contributed by atoms with E-state index in [4.69, 9.17) is 0 Å². The molecule has 0 radical (unpaired) electrons. The summed E-state index contributed by atoms with van der Waals surface area (Å²) < 4.78 is 0. The van der Waals surface area contributed by atoms with Crippen LogP contribution in [0.5, 0.6) is 0 Å². The lowest BCUT2D eigenvalue weighted by atomic mass is 10.1. The van der Waals surface area contributed by atoms with Crippen LogP contribution in [-0.2, 0) is 17.8 Å². The van der Waals surface area contributed by atoms with Crippen LogP contribution in [0.2, 0.25) is 0 Å².